The first-order valence-corrected chi connectivity index (χ1v) is 5.55. The Balaban J connectivity index is 0.000000325. The van der Waals surface area contributed by atoms with E-state index in [0.29, 0.717) is 11.4 Å². The lowest BCUT2D eigenvalue weighted by atomic mass is 10.2. The van der Waals surface area contributed by atoms with Gasteiger partial charge in [-0.2, -0.15) is 0 Å². The van der Waals surface area contributed by atoms with E-state index in [9.17, 15) is 4.79 Å². The van der Waals surface area contributed by atoms with Gasteiger partial charge in [0, 0.05) is 5.02 Å². The Hall–Kier alpha value is -1.10. The van der Waals surface area contributed by atoms with Gasteiger partial charge in [0.1, 0.15) is 0 Å². The first-order valence-electron chi connectivity index (χ1n) is 5.18. The predicted octanol–water partition coefficient (Wildman–Crippen LogP) is 2.18. The molecule has 0 amide bonds. The standard InChI is InChI=1S/C7H5ClO2.C5H12O2/c8-6-3-1-5(2-4-6)7(9)10;1-4(6)3-5(2)7/h1-4H,(H,9,10);4-7H,3H2,1-2H3. The van der Waals surface area contributed by atoms with Gasteiger partial charge in [-0.1, -0.05) is 11.6 Å². The third-order valence-corrected chi connectivity index (χ3v) is 2.03. The molecule has 0 aliphatic heterocycles. The smallest absolute Gasteiger partial charge is 0.335 e. The molecule has 1 aromatic rings. The number of hydrogen-bond acceptors (Lipinski definition) is 3. The summed E-state index contributed by atoms with van der Waals surface area (Å²) in [6.45, 7) is 3.32. The molecule has 3 N–H and O–H groups in total. The van der Waals surface area contributed by atoms with E-state index in [1.165, 1.54) is 12.1 Å². The second kappa shape index (κ2) is 8.06. The van der Waals surface area contributed by atoms with Crippen LogP contribution in [0.5, 0.6) is 0 Å². The lowest BCUT2D eigenvalue weighted by Gasteiger charge is -2.04. The zero-order valence-corrected chi connectivity index (χ0v) is 10.6. The second-order valence-electron chi connectivity index (χ2n) is 3.75. The average Bonchev–Trinajstić information content (AvgIpc) is 2.16. The van der Waals surface area contributed by atoms with Crippen molar-refractivity contribution in [3.05, 3.63) is 34.9 Å². The third kappa shape index (κ3) is 8.68. The van der Waals surface area contributed by atoms with Gasteiger partial charge in [0.25, 0.3) is 0 Å². The number of halogens is 1. The number of hydrogen-bond donors (Lipinski definition) is 3. The number of aliphatic hydroxyl groups excluding tert-OH is 2. The highest BCUT2D eigenvalue weighted by molar-refractivity contribution is 6.30. The average molecular weight is 261 g/mol. The Labute approximate surface area is 105 Å². The molecular weight excluding hydrogens is 244 g/mol. The maximum absolute atomic E-state index is 10.3. The molecule has 0 aliphatic carbocycles. The predicted molar refractivity (Wildman–Crippen MR) is 66.4 cm³/mol. The van der Waals surface area contributed by atoms with Gasteiger partial charge in [-0.3, -0.25) is 0 Å². The van der Waals surface area contributed by atoms with Gasteiger partial charge >= 0.3 is 5.97 Å². The van der Waals surface area contributed by atoms with Gasteiger partial charge in [-0.25, -0.2) is 4.79 Å². The van der Waals surface area contributed by atoms with Crippen LogP contribution in [0, 0.1) is 0 Å². The normalized spacial score (nSPS) is 13.2. The minimum absolute atomic E-state index is 0.254. The number of rotatable bonds is 3. The van der Waals surface area contributed by atoms with Gasteiger partial charge < -0.3 is 15.3 Å². The van der Waals surface area contributed by atoms with Crippen LogP contribution in [0.2, 0.25) is 5.02 Å². The fourth-order valence-electron chi connectivity index (χ4n) is 1.09. The molecule has 4 nitrogen and oxygen atoms in total. The van der Waals surface area contributed by atoms with E-state index < -0.39 is 5.97 Å². The van der Waals surface area contributed by atoms with E-state index in [2.05, 4.69) is 0 Å². The summed E-state index contributed by atoms with van der Waals surface area (Å²) in [5, 5.41) is 26.1. The van der Waals surface area contributed by atoms with Crippen molar-refractivity contribution in [3.8, 4) is 0 Å². The Morgan fingerprint density at radius 3 is 1.82 bits per heavy atom. The Morgan fingerprint density at radius 1 is 1.18 bits per heavy atom. The van der Waals surface area contributed by atoms with Crippen molar-refractivity contribution in [2.45, 2.75) is 32.5 Å². The molecule has 2 atom stereocenters. The van der Waals surface area contributed by atoms with Crippen LogP contribution in [0.4, 0.5) is 0 Å². The molecule has 2 unspecified atom stereocenters. The lowest BCUT2D eigenvalue weighted by molar-refractivity contribution is 0.0696. The maximum atomic E-state index is 10.3. The van der Waals surface area contributed by atoms with Crippen molar-refractivity contribution in [1.82, 2.24) is 0 Å². The molecule has 0 heterocycles. The van der Waals surface area contributed by atoms with Crippen LogP contribution in [-0.2, 0) is 0 Å². The summed E-state index contributed by atoms with van der Waals surface area (Å²) in [6, 6.07) is 6.02. The summed E-state index contributed by atoms with van der Waals surface area (Å²) >= 11 is 5.52. The fourth-order valence-corrected chi connectivity index (χ4v) is 1.21. The number of benzene rings is 1. The van der Waals surface area contributed by atoms with Gasteiger partial charge in [0.2, 0.25) is 0 Å². The second-order valence-corrected chi connectivity index (χ2v) is 4.18. The van der Waals surface area contributed by atoms with E-state index in [1.54, 1.807) is 26.0 Å². The molecule has 1 aromatic carbocycles. The lowest BCUT2D eigenvalue weighted by Crippen LogP contribution is -2.10. The van der Waals surface area contributed by atoms with Crippen LogP contribution in [-0.4, -0.2) is 33.5 Å². The number of aliphatic hydroxyl groups is 2. The summed E-state index contributed by atoms with van der Waals surface area (Å²) in [5.74, 6) is -0.934. The summed E-state index contributed by atoms with van der Waals surface area (Å²) in [6.07, 6.45) is -0.278. The van der Waals surface area contributed by atoms with Gasteiger partial charge in [0.05, 0.1) is 17.8 Å². The van der Waals surface area contributed by atoms with Crippen LogP contribution in [0.1, 0.15) is 30.6 Å². The molecule has 17 heavy (non-hydrogen) atoms. The first kappa shape index (κ1) is 15.9. The van der Waals surface area contributed by atoms with Crippen molar-refractivity contribution in [2.24, 2.45) is 0 Å². The topological polar surface area (TPSA) is 77.8 Å². The SMILES string of the molecule is CC(O)CC(C)O.O=C(O)c1ccc(Cl)cc1. The summed E-state index contributed by atoms with van der Waals surface area (Å²) in [4.78, 5) is 10.3. The minimum atomic E-state index is -0.934. The van der Waals surface area contributed by atoms with E-state index >= 15 is 0 Å². The summed E-state index contributed by atoms with van der Waals surface area (Å²) in [7, 11) is 0. The first-order chi connectivity index (χ1) is 7.82. The van der Waals surface area contributed by atoms with Gasteiger partial charge in [0.15, 0.2) is 0 Å². The largest absolute Gasteiger partial charge is 0.478 e. The quantitative estimate of drug-likeness (QED) is 0.778. The summed E-state index contributed by atoms with van der Waals surface area (Å²) < 4.78 is 0. The van der Waals surface area contributed by atoms with Crippen LogP contribution in [0.15, 0.2) is 24.3 Å². The highest BCUT2D eigenvalue weighted by Crippen LogP contribution is 2.08. The molecule has 1 rings (SSSR count). The Morgan fingerprint density at radius 2 is 1.59 bits per heavy atom. The van der Waals surface area contributed by atoms with Gasteiger partial charge in [-0.05, 0) is 44.5 Å². The molecule has 5 heteroatoms. The van der Waals surface area contributed by atoms with Crippen LogP contribution >= 0.6 is 11.6 Å². The van der Waals surface area contributed by atoms with Crippen molar-refractivity contribution in [1.29, 1.82) is 0 Å². The van der Waals surface area contributed by atoms with E-state index in [0.717, 1.165) is 0 Å². The highest BCUT2D eigenvalue weighted by Gasteiger charge is 1.99. The molecule has 0 saturated heterocycles. The monoisotopic (exact) mass is 260 g/mol. The van der Waals surface area contributed by atoms with Crippen molar-refractivity contribution < 1.29 is 20.1 Å². The van der Waals surface area contributed by atoms with Crippen molar-refractivity contribution in [3.63, 3.8) is 0 Å². The van der Waals surface area contributed by atoms with E-state index in [4.69, 9.17) is 26.9 Å². The molecule has 0 saturated carbocycles. The molecular formula is C12H17ClO4. The van der Waals surface area contributed by atoms with Crippen LogP contribution < -0.4 is 0 Å². The van der Waals surface area contributed by atoms with Gasteiger partial charge in [-0.15, -0.1) is 0 Å². The zero-order chi connectivity index (χ0) is 13.4. The molecule has 96 valence electrons. The molecule has 0 bridgehead atoms. The fraction of sp³-hybridized carbons (Fsp3) is 0.417. The highest BCUT2D eigenvalue weighted by atomic mass is 35.5. The van der Waals surface area contributed by atoms with E-state index in [1.807, 2.05) is 0 Å². The maximum Gasteiger partial charge on any atom is 0.335 e. The minimum Gasteiger partial charge on any atom is -0.478 e. The number of carboxylic acids is 1. The van der Waals surface area contributed by atoms with Crippen molar-refractivity contribution >= 4 is 17.6 Å². The van der Waals surface area contributed by atoms with Crippen LogP contribution in [0.25, 0.3) is 0 Å². The van der Waals surface area contributed by atoms with Crippen molar-refractivity contribution in [2.75, 3.05) is 0 Å². The third-order valence-electron chi connectivity index (χ3n) is 1.77. The number of carbonyl (C=O) groups is 1. The Bertz CT molecular complexity index is 327. The number of carboxylic acid groups (broad SMARTS) is 1. The Kier molecular flexibility index (Phi) is 7.54. The molecule has 0 aliphatic rings. The van der Waals surface area contributed by atoms with E-state index in [-0.39, 0.29) is 17.8 Å². The molecule has 0 radical (unpaired) electrons. The van der Waals surface area contributed by atoms with Crippen LogP contribution in [0.3, 0.4) is 0 Å². The zero-order valence-electron chi connectivity index (χ0n) is 9.80. The molecule has 0 aromatic heterocycles. The number of aromatic carboxylic acids is 1. The molecule has 0 fully saturated rings. The summed E-state index contributed by atoms with van der Waals surface area (Å²) in [5.41, 5.74) is 0.254. The molecule has 0 spiro atoms.